The first kappa shape index (κ1) is 14.7. The second-order valence-corrected chi connectivity index (χ2v) is 5.39. The monoisotopic (exact) mass is 286 g/mol. The first-order valence-electron chi connectivity index (χ1n) is 6.67. The quantitative estimate of drug-likeness (QED) is 0.598. The lowest BCUT2D eigenvalue weighted by Gasteiger charge is -2.26. The molecular formula is C14H20ClFN2O. The van der Waals surface area contributed by atoms with E-state index < -0.39 is 5.82 Å². The van der Waals surface area contributed by atoms with Crippen molar-refractivity contribution >= 4 is 11.6 Å². The van der Waals surface area contributed by atoms with Crippen LogP contribution in [0.3, 0.4) is 0 Å². The highest BCUT2D eigenvalue weighted by Gasteiger charge is 2.36. The van der Waals surface area contributed by atoms with Gasteiger partial charge in [0.25, 0.3) is 0 Å². The third-order valence-electron chi connectivity index (χ3n) is 3.50. The third kappa shape index (κ3) is 3.89. The molecular weight excluding hydrogens is 267 g/mol. The predicted octanol–water partition coefficient (Wildman–Crippen LogP) is 2.67. The molecule has 0 spiro atoms. The summed E-state index contributed by atoms with van der Waals surface area (Å²) in [5, 5.41) is 0.146. The van der Waals surface area contributed by atoms with Crippen molar-refractivity contribution in [2.45, 2.75) is 38.3 Å². The van der Waals surface area contributed by atoms with E-state index in [-0.39, 0.29) is 17.2 Å². The Bertz CT molecular complexity index is 426. The number of hydrogen-bond acceptors (Lipinski definition) is 3. The molecule has 3 nitrogen and oxygen atoms in total. The van der Waals surface area contributed by atoms with Crippen LogP contribution in [-0.2, 0) is 11.2 Å². The second kappa shape index (κ2) is 6.66. The van der Waals surface area contributed by atoms with Crippen LogP contribution in [0.25, 0.3) is 0 Å². The molecule has 0 bridgehead atoms. The highest BCUT2D eigenvalue weighted by molar-refractivity contribution is 6.30. The molecule has 2 rings (SSSR count). The summed E-state index contributed by atoms with van der Waals surface area (Å²) in [6, 6.07) is 4.80. The molecule has 0 amide bonds. The normalized spacial score (nSPS) is 18.3. The van der Waals surface area contributed by atoms with Gasteiger partial charge in [-0.1, -0.05) is 17.7 Å². The van der Waals surface area contributed by atoms with E-state index in [9.17, 15) is 4.39 Å². The molecule has 106 valence electrons. The summed E-state index contributed by atoms with van der Waals surface area (Å²) in [5.74, 6) is 5.83. The number of rotatable bonds is 7. The first-order chi connectivity index (χ1) is 9.15. The predicted molar refractivity (Wildman–Crippen MR) is 74.4 cm³/mol. The Kier molecular flexibility index (Phi) is 5.16. The van der Waals surface area contributed by atoms with Crippen molar-refractivity contribution in [1.82, 2.24) is 5.43 Å². The van der Waals surface area contributed by atoms with Crippen molar-refractivity contribution in [3.63, 3.8) is 0 Å². The van der Waals surface area contributed by atoms with E-state index >= 15 is 0 Å². The fraction of sp³-hybridized carbons (Fsp3) is 0.571. The van der Waals surface area contributed by atoms with Crippen LogP contribution in [0.1, 0.15) is 25.3 Å². The Morgan fingerprint density at radius 1 is 1.53 bits per heavy atom. The fourth-order valence-corrected chi connectivity index (χ4v) is 2.59. The summed E-state index contributed by atoms with van der Waals surface area (Å²) in [4.78, 5) is 0. The van der Waals surface area contributed by atoms with Crippen molar-refractivity contribution in [1.29, 1.82) is 0 Å². The van der Waals surface area contributed by atoms with Gasteiger partial charge in [-0.05, 0) is 49.8 Å². The highest BCUT2D eigenvalue weighted by Crippen LogP contribution is 2.36. The summed E-state index contributed by atoms with van der Waals surface area (Å²) in [6.07, 6.45) is 3.16. The van der Waals surface area contributed by atoms with E-state index in [0.29, 0.717) is 18.9 Å². The standard InChI is InChI=1S/C14H20ClFN2O/c1-2-19-14(10-4-5-10)13(18-17)8-9-3-6-12(16)11(15)7-9/h3,6-7,10,13-14,18H,2,4-5,8,17H2,1H3. The van der Waals surface area contributed by atoms with Gasteiger partial charge in [0.15, 0.2) is 0 Å². The molecule has 1 aromatic rings. The molecule has 0 aromatic heterocycles. The molecule has 2 atom stereocenters. The average Bonchev–Trinajstić information content (AvgIpc) is 3.22. The number of hydrogen-bond donors (Lipinski definition) is 2. The van der Waals surface area contributed by atoms with Crippen molar-refractivity contribution in [2.75, 3.05) is 6.61 Å². The van der Waals surface area contributed by atoms with E-state index in [0.717, 1.165) is 5.56 Å². The SMILES string of the molecule is CCOC(C1CC1)C(Cc1ccc(F)c(Cl)c1)NN. The Balaban J connectivity index is 2.06. The van der Waals surface area contributed by atoms with Crippen molar-refractivity contribution in [3.05, 3.63) is 34.6 Å². The average molecular weight is 287 g/mol. The summed E-state index contributed by atoms with van der Waals surface area (Å²) >= 11 is 5.80. The minimum atomic E-state index is -0.397. The number of benzene rings is 1. The van der Waals surface area contributed by atoms with Gasteiger partial charge in [0.1, 0.15) is 5.82 Å². The van der Waals surface area contributed by atoms with E-state index in [1.54, 1.807) is 12.1 Å². The zero-order valence-corrected chi connectivity index (χ0v) is 11.8. The molecule has 0 heterocycles. The maximum atomic E-state index is 13.1. The Hall–Kier alpha value is -0.680. The Labute approximate surface area is 118 Å². The molecule has 19 heavy (non-hydrogen) atoms. The lowest BCUT2D eigenvalue weighted by molar-refractivity contribution is 0.0192. The van der Waals surface area contributed by atoms with Gasteiger partial charge in [0.05, 0.1) is 17.2 Å². The molecule has 1 aliphatic rings. The number of nitrogens with one attached hydrogen (secondary N) is 1. The van der Waals surface area contributed by atoms with Gasteiger partial charge in [-0.25, -0.2) is 4.39 Å². The van der Waals surface area contributed by atoms with Gasteiger partial charge >= 0.3 is 0 Å². The molecule has 1 aliphatic carbocycles. The third-order valence-corrected chi connectivity index (χ3v) is 3.79. The lowest BCUT2D eigenvalue weighted by atomic mass is 9.98. The van der Waals surface area contributed by atoms with Crippen LogP contribution < -0.4 is 11.3 Å². The van der Waals surface area contributed by atoms with Gasteiger partial charge in [0.2, 0.25) is 0 Å². The van der Waals surface area contributed by atoms with Crippen molar-refractivity contribution in [3.8, 4) is 0 Å². The Morgan fingerprint density at radius 3 is 2.79 bits per heavy atom. The zero-order valence-electron chi connectivity index (χ0n) is 11.0. The fourth-order valence-electron chi connectivity index (χ4n) is 2.39. The van der Waals surface area contributed by atoms with Crippen LogP contribution in [0.4, 0.5) is 4.39 Å². The molecule has 1 aromatic carbocycles. The molecule has 0 radical (unpaired) electrons. The maximum absolute atomic E-state index is 13.1. The zero-order chi connectivity index (χ0) is 13.8. The van der Waals surface area contributed by atoms with E-state index in [1.165, 1.54) is 18.9 Å². The molecule has 1 fully saturated rings. The van der Waals surface area contributed by atoms with Gasteiger partial charge in [-0.2, -0.15) is 0 Å². The lowest BCUT2D eigenvalue weighted by Crippen LogP contribution is -2.47. The topological polar surface area (TPSA) is 47.3 Å². The minimum Gasteiger partial charge on any atom is -0.377 e. The summed E-state index contributed by atoms with van der Waals surface area (Å²) in [5.41, 5.74) is 3.79. The number of halogens is 2. The number of hydrazine groups is 1. The van der Waals surface area contributed by atoms with Crippen molar-refractivity contribution < 1.29 is 9.13 Å². The van der Waals surface area contributed by atoms with Gasteiger partial charge < -0.3 is 4.74 Å². The first-order valence-corrected chi connectivity index (χ1v) is 7.05. The summed E-state index contributed by atoms with van der Waals surface area (Å²) in [6.45, 7) is 2.65. The smallest absolute Gasteiger partial charge is 0.141 e. The molecule has 1 saturated carbocycles. The van der Waals surface area contributed by atoms with E-state index in [1.807, 2.05) is 6.92 Å². The van der Waals surface area contributed by atoms with Crippen LogP contribution in [0, 0.1) is 11.7 Å². The van der Waals surface area contributed by atoms with Gasteiger partial charge in [-0.3, -0.25) is 11.3 Å². The largest absolute Gasteiger partial charge is 0.377 e. The van der Waals surface area contributed by atoms with Crippen LogP contribution in [0.15, 0.2) is 18.2 Å². The highest BCUT2D eigenvalue weighted by atomic mass is 35.5. The molecule has 2 unspecified atom stereocenters. The van der Waals surface area contributed by atoms with Crippen LogP contribution >= 0.6 is 11.6 Å². The van der Waals surface area contributed by atoms with Gasteiger partial charge in [0, 0.05) is 6.61 Å². The minimum absolute atomic E-state index is 0.0222. The maximum Gasteiger partial charge on any atom is 0.141 e. The summed E-state index contributed by atoms with van der Waals surface area (Å²) in [7, 11) is 0. The molecule has 0 aliphatic heterocycles. The molecule has 5 heteroatoms. The second-order valence-electron chi connectivity index (χ2n) is 4.98. The summed E-state index contributed by atoms with van der Waals surface area (Å²) < 4.78 is 18.9. The molecule has 0 saturated heterocycles. The van der Waals surface area contributed by atoms with Crippen molar-refractivity contribution in [2.24, 2.45) is 11.8 Å². The van der Waals surface area contributed by atoms with E-state index in [2.05, 4.69) is 5.43 Å². The number of nitrogens with two attached hydrogens (primary N) is 1. The van der Waals surface area contributed by atoms with E-state index in [4.69, 9.17) is 22.2 Å². The number of ether oxygens (including phenoxy) is 1. The van der Waals surface area contributed by atoms with Gasteiger partial charge in [-0.15, -0.1) is 0 Å². The Morgan fingerprint density at radius 2 is 2.26 bits per heavy atom. The van der Waals surface area contributed by atoms with Crippen LogP contribution in [-0.4, -0.2) is 18.8 Å². The molecule has 3 N–H and O–H groups in total. The van der Waals surface area contributed by atoms with Crippen LogP contribution in [0.2, 0.25) is 5.02 Å². The van der Waals surface area contributed by atoms with Crippen LogP contribution in [0.5, 0.6) is 0 Å².